The average Bonchev–Trinajstić information content (AvgIpc) is 1.66. The average molecular weight is 1300 g/mol. The Balaban J connectivity index is 0.000000131. The van der Waals surface area contributed by atoms with Crippen molar-refractivity contribution in [3.05, 3.63) is 270 Å². The van der Waals surface area contributed by atoms with Crippen LogP contribution in [0.25, 0.3) is 21.9 Å². The van der Waals surface area contributed by atoms with Gasteiger partial charge in [-0.15, -0.1) is 0 Å². The highest BCUT2D eigenvalue weighted by atomic mass is 15.5. The van der Waals surface area contributed by atoms with Gasteiger partial charge in [0.25, 0.3) is 0 Å². The fraction of sp³-hybridized carbons (Fsp3) is 0.354. The summed E-state index contributed by atoms with van der Waals surface area (Å²) in [5.41, 5.74) is 13.8. The van der Waals surface area contributed by atoms with Crippen LogP contribution in [-0.4, -0.2) is 77.5 Å². The number of fused-ring (bicyclic) bond motifs is 2. The van der Waals surface area contributed by atoms with Gasteiger partial charge < -0.3 is 47.7 Å². The molecule has 0 saturated carbocycles. The lowest BCUT2D eigenvalue weighted by atomic mass is 9.88. The molecule has 0 fully saturated rings. The zero-order valence-corrected chi connectivity index (χ0v) is 61.3. The van der Waals surface area contributed by atoms with E-state index in [0.717, 1.165) is 34.6 Å². The third-order valence-corrected chi connectivity index (χ3v) is 21.2. The smallest absolute Gasteiger partial charge is 0.212 e. The molecule has 10 aromatic rings. The maximum Gasteiger partial charge on any atom is 0.212 e. The van der Waals surface area contributed by atoms with Crippen LogP contribution in [0.4, 0.5) is 23.5 Å². The normalized spacial score (nSPS) is 17.8. The monoisotopic (exact) mass is 1300 g/mol. The van der Waals surface area contributed by atoms with E-state index in [1.54, 1.807) is 0 Å². The summed E-state index contributed by atoms with van der Waals surface area (Å²) in [6.07, 6.45) is 24.1. The number of anilines is 4. The fourth-order valence-corrected chi connectivity index (χ4v) is 15.5. The number of aryl methyl sites for hydroxylation is 8. The first-order chi connectivity index (χ1) is 46.1. The second kappa shape index (κ2) is 27.0. The van der Waals surface area contributed by atoms with Crippen LogP contribution in [0.5, 0.6) is 0 Å². The van der Waals surface area contributed by atoms with Crippen LogP contribution in [0.15, 0.2) is 220 Å². The molecule has 15 nitrogen and oxygen atoms in total. The summed E-state index contributed by atoms with van der Waals surface area (Å²) >= 11 is 0. The Kier molecular flexibility index (Phi) is 19.0. The fourth-order valence-electron chi connectivity index (χ4n) is 15.5. The van der Waals surface area contributed by atoms with E-state index in [-0.39, 0.29) is 46.8 Å². The number of hydrogen-bond donors (Lipinski definition) is 0. The van der Waals surface area contributed by atoms with Gasteiger partial charge >= 0.3 is 0 Å². The summed E-state index contributed by atoms with van der Waals surface area (Å²) in [4.78, 5) is 32.5. The molecule has 0 bridgehead atoms. The maximum absolute atomic E-state index is 4.86. The minimum absolute atomic E-state index is 0.0797. The Morgan fingerprint density at radius 3 is 1.09 bits per heavy atom. The number of para-hydroxylation sites is 3. The molecule has 0 N–H and O–H groups in total. The summed E-state index contributed by atoms with van der Waals surface area (Å²) in [6.45, 7) is 38.1. The SMILES string of the molecule is Cc1ccccc1C(C)(C)N1C=CN(c2cc3ccccc3n2C)[C@H]1C.Cc1ccccc1C(C)(C)N1C=CN(c2cnc(C)n2C)[C@H]1C.Cc1ccccc1C(C)(C)N1C=CN(c2nc3ccccc3n2C)[C@H]1C.Cc1ccccc1C(C)(C)N1C=CN(c2nccn2C)[C@H]1C. The number of nitrogens with zero attached hydrogens (tertiary/aromatic N) is 15. The molecule has 97 heavy (non-hydrogen) atoms. The lowest BCUT2D eigenvalue weighted by Crippen LogP contribution is -2.47. The van der Waals surface area contributed by atoms with E-state index in [1.165, 1.54) is 61.2 Å². The highest BCUT2D eigenvalue weighted by molar-refractivity contribution is 5.85. The van der Waals surface area contributed by atoms with Crippen molar-refractivity contribution in [2.45, 2.75) is 165 Å². The van der Waals surface area contributed by atoms with Crippen molar-refractivity contribution in [3.63, 3.8) is 0 Å². The molecule has 4 aliphatic heterocycles. The molecule has 15 heteroatoms. The van der Waals surface area contributed by atoms with Crippen LogP contribution >= 0.6 is 0 Å². The van der Waals surface area contributed by atoms with E-state index in [4.69, 9.17) is 4.98 Å². The van der Waals surface area contributed by atoms with E-state index >= 15 is 0 Å². The van der Waals surface area contributed by atoms with Gasteiger partial charge in [0.1, 0.15) is 42.1 Å². The molecule has 0 spiro atoms. The van der Waals surface area contributed by atoms with Crippen molar-refractivity contribution in [3.8, 4) is 0 Å². The van der Waals surface area contributed by atoms with Gasteiger partial charge in [0.2, 0.25) is 11.9 Å². The zero-order valence-electron chi connectivity index (χ0n) is 61.3. The Hall–Kier alpha value is -9.89. The van der Waals surface area contributed by atoms with Crippen molar-refractivity contribution in [1.82, 2.24) is 52.8 Å². The number of rotatable bonds is 12. The molecule has 0 radical (unpaired) electrons. The van der Waals surface area contributed by atoms with Gasteiger partial charge in [-0.25, -0.2) is 15.0 Å². The summed E-state index contributed by atoms with van der Waals surface area (Å²) in [6, 6.07) is 53.7. The molecule has 0 saturated heterocycles. The van der Waals surface area contributed by atoms with Crippen molar-refractivity contribution in [2.75, 3.05) is 19.6 Å². The topological polar surface area (TPSA) is 84.3 Å². The van der Waals surface area contributed by atoms with Gasteiger partial charge in [0.15, 0.2) is 0 Å². The Morgan fingerprint density at radius 1 is 0.351 bits per heavy atom. The Labute approximate surface area is 577 Å². The number of aromatic nitrogens is 7. The molecule has 4 atom stereocenters. The van der Waals surface area contributed by atoms with Gasteiger partial charge in [0.05, 0.1) is 39.4 Å². The number of imidazole rings is 3. The first kappa shape index (κ1) is 68.5. The summed E-state index contributed by atoms with van der Waals surface area (Å²) in [5.74, 6) is 5.30. The van der Waals surface area contributed by atoms with Gasteiger partial charge in [0, 0.05) is 101 Å². The highest BCUT2D eigenvalue weighted by Gasteiger charge is 2.41. The minimum atomic E-state index is -0.111. The third kappa shape index (κ3) is 12.7. The van der Waals surface area contributed by atoms with Crippen LogP contribution < -0.4 is 19.6 Å². The zero-order chi connectivity index (χ0) is 69.6. The van der Waals surface area contributed by atoms with Crippen molar-refractivity contribution < 1.29 is 0 Å². The predicted octanol–water partition coefficient (Wildman–Crippen LogP) is 17.6. The molecular weight excluding hydrogens is 1200 g/mol. The molecule has 0 unspecified atom stereocenters. The summed E-state index contributed by atoms with van der Waals surface area (Å²) < 4.78 is 8.62. The van der Waals surface area contributed by atoms with Crippen molar-refractivity contribution in [1.29, 1.82) is 0 Å². The number of benzene rings is 6. The van der Waals surface area contributed by atoms with E-state index < -0.39 is 0 Å². The van der Waals surface area contributed by atoms with Crippen LogP contribution in [-0.2, 0) is 50.3 Å². The predicted molar refractivity (Wildman–Crippen MR) is 403 cm³/mol. The van der Waals surface area contributed by atoms with Gasteiger partial charge in [-0.2, -0.15) is 0 Å². The highest BCUT2D eigenvalue weighted by Crippen LogP contribution is 2.42. The van der Waals surface area contributed by atoms with E-state index in [1.807, 2.05) is 43.2 Å². The molecule has 6 aromatic carbocycles. The first-order valence-electron chi connectivity index (χ1n) is 34.2. The molecule has 8 heterocycles. The van der Waals surface area contributed by atoms with Gasteiger partial charge in [-0.05, 0) is 186 Å². The quantitative estimate of drug-likeness (QED) is 0.117. The second-order valence-electron chi connectivity index (χ2n) is 28.6. The lowest BCUT2D eigenvalue weighted by Gasteiger charge is -2.42. The van der Waals surface area contributed by atoms with Crippen LogP contribution in [0.2, 0.25) is 0 Å². The minimum Gasteiger partial charge on any atom is -0.347 e. The molecule has 506 valence electrons. The standard InChI is InChI=1S/C23H27N3.C22H26N4.C19H26N4.C18H24N4/c1-17-10-6-8-12-20(17)23(3,4)26-15-14-25(18(26)2)22-16-19-11-7-9-13-21(19)24(22)5;1-16-10-6-7-11-18(16)22(3,4)26-15-14-25(17(26)2)21-23-19-12-8-9-13-20(19)24(21)5;1-14-9-7-8-10-17(14)19(4,5)23-12-11-22(16(23)3)18-13-20-15(2)21(18)6;1-14-8-6-7-9-16(14)18(3,4)22-13-12-21(15(22)2)17-19-10-11-20(17)5/h6-16,18H,1-5H3;6-15,17H,1-5H3;7-13,16H,1-6H3;6-13,15H,1-5H3/t18-;17-;16-;15-/m1111/s1. The third-order valence-electron chi connectivity index (χ3n) is 21.2. The molecule has 0 amide bonds. The van der Waals surface area contributed by atoms with Crippen LogP contribution in [0.3, 0.4) is 0 Å². The molecular formula is C82H103N15. The number of hydrogen-bond acceptors (Lipinski definition) is 11. The van der Waals surface area contributed by atoms with E-state index in [0.29, 0.717) is 0 Å². The first-order valence-corrected chi connectivity index (χ1v) is 34.2. The molecule has 0 aliphatic carbocycles. The van der Waals surface area contributed by atoms with Gasteiger partial charge in [-0.3, -0.25) is 9.80 Å². The largest absolute Gasteiger partial charge is 0.347 e. The van der Waals surface area contributed by atoms with Crippen LogP contribution in [0, 0.1) is 34.6 Å². The maximum atomic E-state index is 4.86. The lowest BCUT2D eigenvalue weighted by molar-refractivity contribution is 0.151. The van der Waals surface area contributed by atoms with E-state index in [9.17, 15) is 0 Å². The Morgan fingerprint density at radius 2 is 0.711 bits per heavy atom. The van der Waals surface area contributed by atoms with Gasteiger partial charge in [-0.1, -0.05) is 127 Å². The van der Waals surface area contributed by atoms with Crippen molar-refractivity contribution in [2.24, 2.45) is 28.2 Å². The Bertz CT molecular complexity index is 4380. The second-order valence-corrected chi connectivity index (χ2v) is 28.6. The molecule has 4 aliphatic rings. The molecule has 4 aromatic heterocycles. The van der Waals surface area contributed by atoms with Crippen LogP contribution in [0.1, 0.15) is 133 Å². The summed E-state index contributed by atoms with van der Waals surface area (Å²) in [7, 11) is 8.32. The van der Waals surface area contributed by atoms with E-state index in [2.05, 4.69) is 390 Å². The molecule has 14 rings (SSSR count). The van der Waals surface area contributed by atoms with Crippen molar-refractivity contribution >= 4 is 45.5 Å². The summed E-state index contributed by atoms with van der Waals surface area (Å²) in [5, 5.41) is 1.28.